The summed E-state index contributed by atoms with van der Waals surface area (Å²) in [4.78, 5) is 22.2. The highest BCUT2D eigenvalue weighted by molar-refractivity contribution is 5.92. The molecule has 0 heterocycles. The third kappa shape index (κ3) is 4.97. The van der Waals surface area contributed by atoms with Crippen LogP contribution in [0.5, 0.6) is 5.75 Å². The molecule has 4 N–H and O–H groups in total. The van der Waals surface area contributed by atoms with E-state index in [1.807, 2.05) is 6.92 Å². The summed E-state index contributed by atoms with van der Waals surface area (Å²) < 4.78 is 5.03. The average Bonchev–Trinajstić information content (AvgIpc) is 2.38. The second kappa shape index (κ2) is 7.38. The molecule has 0 saturated heterocycles. The summed E-state index contributed by atoms with van der Waals surface area (Å²) in [6.45, 7) is 1.76. The van der Waals surface area contributed by atoms with E-state index in [0.717, 1.165) is 0 Å². The molecule has 0 aliphatic carbocycles. The zero-order valence-electron chi connectivity index (χ0n) is 10.8. The van der Waals surface area contributed by atoms with Crippen LogP contribution in [0.25, 0.3) is 0 Å². The van der Waals surface area contributed by atoms with Gasteiger partial charge < -0.3 is 20.9 Å². The van der Waals surface area contributed by atoms with Crippen molar-refractivity contribution >= 4 is 17.6 Å². The lowest BCUT2D eigenvalue weighted by Crippen LogP contribution is -2.28. The Balaban J connectivity index is 2.66. The smallest absolute Gasteiger partial charge is 0.341 e. The number of rotatable bonds is 7. The highest BCUT2D eigenvalue weighted by Gasteiger charge is 2.14. The molecule has 0 spiro atoms. The summed E-state index contributed by atoms with van der Waals surface area (Å²) in [5, 5.41) is 11.2. The second-order valence-electron chi connectivity index (χ2n) is 4.04. The van der Waals surface area contributed by atoms with Crippen LogP contribution in [0.3, 0.4) is 0 Å². The molecule has 0 aliphatic heterocycles. The lowest BCUT2D eigenvalue weighted by atomic mass is 10.1. The van der Waals surface area contributed by atoms with E-state index in [4.69, 9.17) is 15.6 Å². The molecular formula is C13H18N2O4. The van der Waals surface area contributed by atoms with Gasteiger partial charge in [0.25, 0.3) is 0 Å². The molecule has 0 aromatic heterocycles. The molecule has 0 radical (unpaired) electrons. The van der Waals surface area contributed by atoms with E-state index in [1.165, 1.54) is 0 Å². The van der Waals surface area contributed by atoms with E-state index in [-0.39, 0.29) is 18.4 Å². The molecule has 1 unspecified atom stereocenters. The maximum Gasteiger partial charge on any atom is 0.341 e. The predicted octanol–water partition coefficient (Wildman–Crippen LogP) is 1.07. The van der Waals surface area contributed by atoms with Crippen molar-refractivity contribution < 1.29 is 19.4 Å². The molecule has 0 aliphatic rings. The Hall–Kier alpha value is -2.08. The van der Waals surface area contributed by atoms with Crippen molar-refractivity contribution in [2.75, 3.05) is 18.5 Å². The fourth-order valence-corrected chi connectivity index (χ4v) is 1.51. The number of carbonyl (C=O) groups is 2. The Morgan fingerprint density at radius 3 is 2.79 bits per heavy atom. The third-order valence-corrected chi connectivity index (χ3v) is 2.61. The number of anilines is 1. The number of carboxylic acid groups (broad SMARTS) is 1. The highest BCUT2D eigenvalue weighted by atomic mass is 16.5. The van der Waals surface area contributed by atoms with Crippen molar-refractivity contribution in [2.24, 2.45) is 11.7 Å². The minimum atomic E-state index is -1.05. The standard InChI is InChI=1S/C13H18N2O4/c1-2-9(7-14)13(18)15-10-4-3-5-11(6-10)19-8-12(16)17/h3-6,9H,2,7-8,14H2,1H3,(H,15,18)(H,16,17). The number of amides is 1. The molecule has 0 saturated carbocycles. The number of carboxylic acids is 1. The van der Waals surface area contributed by atoms with Crippen molar-refractivity contribution in [3.05, 3.63) is 24.3 Å². The zero-order valence-corrected chi connectivity index (χ0v) is 10.8. The van der Waals surface area contributed by atoms with Crippen LogP contribution in [-0.4, -0.2) is 30.1 Å². The largest absolute Gasteiger partial charge is 0.482 e. The third-order valence-electron chi connectivity index (χ3n) is 2.61. The first kappa shape index (κ1) is 15.0. The quantitative estimate of drug-likeness (QED) is 0.685. The molecule has 104 valence electrons. The van der Waals surface area contributed by atoms with Crippen LogP contribution >= 0.6 is 0 Å². The van der Waals surface area contributed by atoms with Crippen LogP contribution in [0.2, 0.25) is 0 Å². The van der Waals surface area contributed by atoms with Gasteiger partial charge in [-0.1, -0.05) is 13.0 Å². The van der Waals surface area contributed by atoms with Crippen LogP contribution in [0, 0.1) is 5.92 Å². The molecule has 0 fully saturated rings. The lowest BCUT2D eigenvalue weighted by molar-refractivity contribution is -0.139. The van der Waals surface area contributed by atoms with Crippen LogP contribution in [0.15, 0.2) is 24.3 Å². The zero-order chi connectivity index (χ0) is 14.3. The second-order valence-corrected chi connectivity index (χ2v) is 4.04. The number of aliphatic carboxylic acids is 1. The normalized spacial score (nSPS) is 11.7. The van der Waals surface area contributed by atoms with E-state index in [2.05, 4.69) is 5.32 Å². The SMILES string of the molecule is CCC(CN)C(=O)Nc1cccc(OCC(=O)O)c1. The lowest BCUT2D eigenvalue weighted by Gasteiger charge is -2.13. The summed E-state index contributed by atoms with van der Waals surface area (Å²) in [7, 11) is 0. The number of nitrogens with one attached hydrogen (secondary N) is 1. The summed E-state index contributed by atoms with van der Waals surface area (Å²) in [6, 6.07) is 6.58. The Morgan fingerprint density at radius 2 is 2.21 bits per heavy atom. The van der Waals surface area contributed by atoms with Crippen molar-refractivity contribution in [3.8, 4) is 5.75 Å². The number of nitrogens with two attached hydrogens (primary N) is 1. The highest BCUT2D eigenvalue weighted by Crippen LogP contribution is 2.18. The van der Waals surface area contributed by atoms with Gasteiger partial charge in [-0.2, -0.15) is 0 Å². The summed E-state index contributed by atoms with van der Waals surface area (Å²) >= 11 is 0. The van der Waals surface area contributed by atoms with Gasteiger partial charge in [0.1, 0.15) is 5.75 Å². The van der Waals surface area contributed by atoms with Gasteiger partial charge in [-0.25, -0.2) is 4.79 Å². The fourth-order valence-electron chi connectivity index (χ4n) is 1.51. The number of hydrogen-bond donors (Lipinski definition) is 3. The maximum atomic E-state index is 11.8. The van der Waals surface area contributed by atoms with Gasteiger partial charge in [0.05, 0.1) is 5.92 Å². The first-order valence-electron chi connectivity index (χ1n) is 6.02. The fraction of sp³-hybridized carbons (Fsp3) is 0.385. The first-order valence-corrected chi connectivity index (χ1v) is 6.02. The Kier molecular flexibility index (Phi) is 5.81. The molecule has 1 aromatic rings. The van der Waals surface area contributed by atoms with Gasteiger partial charge in [0.15, 0.2) is 6.61 Å². The number of benzene rings is 1. The summed E-state index contributed by atoms with van der Waals surface area (Å²) in [5.41, 5.74) is 6.05. The Bertz CT molecular complexity index is 444. The maximum absolute atomic E-state index is 11.8. The summed E-state index contributed by atoms with van der Waals surface area (Å²) in [6.07, 6.45) is 0.664. The average molecular weight is 266 g/mol. The van der Waals surface area contributed by atoms with E-state index < -0.39 is 12.6 Å². The van der Waals surface area contributed by atoms with Gasteiger partial charge in [0, 0.05) is 18.3 Å². The number of hydrogen-bond acceptors (Lipinski definition) is 4. The van der Waals surface area contributed by atoms with Crippen LogP contribution in [-0.2, 0) is 9.59 Å². The monoisotopic (exact) mass is 266 g/mol. The minimum Gasteiger partial charge on any atom is -0.482 e. The first-order chi connectivity index (χ1) is 9.06. The molecule has 19 heavy (non-hydrogen) atoms. The van der Waals surface area contributed by atoms with E-state index in [0.29, 0.717) is 17.9 Å². The van der Waals surface area contributed by atoms with Gasteiger partial charge in [-0.15, -0.1) is 0 Å². The number of ether oxygens (including phenoxy) is 1. The van der Waals surface area contributed by atoms with Crippen LogP contribution in [0.4, 0.5) is 5.69 Å². The molecule has 1 amide bonds. The molecular weight excluding hydrogens is 248 g/mol. The van der Waals surface area contributed by atoms with Crippen molar-refractivity contribution in [1.82, 2.24) is 0 Å². The topological polar surface area (TPSA) is 102 Å². The molecule has 0 bridgehead atoms. The molecule has 6 heteroatoms. The van der Waals surface area contributed by atoms with Gasteiger partial charge >= 0.3 is 5.97 Å². The van der Waals surface area contributed by atoms with Gasteiger partial charge in [-0.05, 0) is 18.6 Å². The molecule has 6 nitrogen and oxygen atoms in total. The van der Waals surface area contributed by atoms with Crippen LogP contribution < -0.4 is 15.8 Å². The van der Waals surface area contributed by atoms with E-state index >= 15 is 0 Å². The molecule has 1 atom stereocenters. The van der Waals surface area contributed by atoms with Crippen LogP contribution in [0.1, 0.15) is 13.3 Å². The van der Waals surface area contributed by atoms with Crippen molar-refractivity contribution in [3.63, 3.8) is 0 Å². The van der Waals surface area contributed by atoms with E-state index in [9.17, 15) is 9.59 Å². The van der Waals surface area contributed by atoms with Crippen molar-refractivity contribution in [1.29, 1.82) is 0 Å². The Morgan fingerprint density at radius 1 is 1.47 bits per heavy atom. The van der Waals surface area contributed by atoms with Gasteiger partial charge in [-0.3, -0.25) is 4.79 Å². The molecule has 1 rings (SSSR count). The predicted molar refractivity (Wildman–Crippen MR) is 71.0 cm³/mol. The van der Waals surface area contributed by atoms with Crippen molar-refractivity contribution in [2.45, 2.75) is 13.3 Å². The Labute approximate surface area is 111 Å². The van der Waals surface area contributed by atoms with Gasteiger partial charge in [0.2, 0.25) is 5.91 Å². The minimum absolute atomic E-state index is 0.152. The number of carbonyl (C=O) groups excluding carboxylic acids is 1. The summed E-state index contributed by atoms with van der Waals surface area (Å²) in [5.74, 6) is -1.05. The molecule has 1 aromatic carbocycles. The van der Waals surface area contributed by atoms with E-state index in [1.54, 1.807) is 24.3 Å².